The Morgan fingerprint density at radius 2 is 1.69 bits per heavy atom. The number of hydrogen-bond acceptors (Lipinski definition) is 6. The summed E-state index contributed by atoms with van der Waals surface area (Å²) in [7, 11) is -0.728. The SMILES string of the molecule is CCNc1ccc(S(=O)(=O)N(C)C)cc1NCC(=O)NCC(=O)Nc1cccc(Cl)c1C. The van der Waals surface area contributed by atoms with Crippen LogP contribution in [0.1, 0.15) is 12.5 Å². The van der Waals surface area contributed by atoms with Gasteiger partial charge in [-0.05, 0) is 49.7 Å². The van der Waals surface area contributed by atoms with Gasteiger partial charge < -0.3 is 21.3 Å². The molecule has 2 amide bonds. The summed E-state index contributed by atoms with van der Waals surface area (Å²) in [6, 6.07) is 9.77. The summed E-state index contributed by atoms with van der Waals surface area (Å²) >= 11 is 6.04. The van der Waals surface area contributed by atoms with Crippen LogP contribution in [0.2, 0.25) is 5.02 Å². The van der Waals surface area contributed by atoms with Crippen molar-refractivity contribution in [2.24, 2.45) is 0 Å². The summed E-state index contributed by atoms with van der Waals surface area (Å²) in [5.74, 6) is -0.817. The number of rotatable bonds is 10. The molecule has 11 heteroatoms. The zero-order valence-electron chi connectivity index (χ0n) is 18.5. The summed E-state index contributed by atoms with van der Waals surface area (Å²) in [5, 5.41) is 11.8. The third kappa shape index (κ3) is 6.59. The molecule has 0 fully saturated rings. The fourth-order valence-corrected chi connectivity index (χ4v) is 3.84. The van der Waals surface area contributed by atoms with Crippen LogP contribution in [0.3, 0.4) is 0 Å². The summed E-state index contributed by atoms with van der Waals surface area (Å²) in [6.45, 7) is 3.94. The average Bonchev–Trinajstić information content (AvgIpc) is 2.74. The van der Waals surface area contributed by atoms with Crippen molar-refractivity contribution in [2.45, 2.75) is 18.7 Å². The molecule has 0 atom stereocenters. The molecule has 2 aromatic rings. The average molecular weight is 482 g/mol. The molecule has 4 N–H and O–H groups in total. The number of nitrogens with zero attached hydrogens (tertiary/aromatic N) is 1. The van der Waals surface area contributed by atoms with Crippen molar-refractivity contribution in [3.63, 3.8) is 0 Å². The lowest BCUT2D eigenvalue weighted by Crippen LogP contribution is -2.36. The van der Waals surface area contributed by atoms with Crippen LogP contribution < -0.4 is 21.3 Å². The molecule has 0 saturated heterocycles. The molecule has 0 aliphatic rings. The molecule has 174 valence electrons. The molecule has 0 radical (unpaired) electrons. The molecule has 0 aliphatic heterocycles. The van der Waals surface area contributed by atoms with E-state index in [1.54, 1.807) is 31.2 Å². The van der Waals surface area contributed by atoms with Crippen molar-refractivity contribution in [2.75, 3.05) is 49.7 Å². The number of amides is 2. The molecular weight excluding hydrogens is 454 g/mol. The van der Waals surface area contributed by atoms with Gasteiger partial charge in [-0.2, -0.15) is 0 Å². The van der Waals surface area contributed by atoms with E-state index in [0.29, 0.717) is 28.6 Å². The van der Waals surface area contributed by atoms with Gasteiger partial charge in [0.2, 0.25) is 21.8 Å². The van der Waals surface area contributed by atoms with E-state index in [-0.39, 0.29) is 18.0 Å². The van der Waals surface area contributed by atoms with Crippen molar-refractivity contribution in [3.8, 4) is 0 Å². The minimum absolute atomic E-state index is 0.100. The van der Waals surface area contributed by atoms with E-state index in [1.165, 1.54) is 26.2 Å². The van der Waals surface area contributed by atoms with Crippen LogP contribution in [0.4, 0.5) is 17.1 Å². The van der Waals surface area contributed by atoms with Crippen molar-refractivity contribution in [1.82, 2.24) is 9.62 Å². The molecule has 0 spiro atoms. The smallest absolute Gasteiger partial charge is 0.243 e. The van der Waals surface area contributed by atoms with E-state index in [9.17, 15) is 18.0 Å². The fourth-order valence-electron chi connectivity index (χ4n) is 2.74. The first kappa shape index (κ1) is 25.4. The molecule has 0 aromatic heterocycles. The molecule has 0 heterocycles. The highest BCUT2D eigenvalue weighted by Crippen LogP contribution is 2.26. The first-order chi connectivity index (χ1) is 15.1. The molecule has 0 aliphatic carbocycles. The number of halogens is 1. The van der Waals surface area contributed by atoms with Gasteiger partial charge in [-0.15, -0.1) is 0 Å². The Labute approximate surface area is 193 Å². The quantitative estimate of drug-likeness (QED) is 0.414. The van der Waals surface area contributed by atoms with Crippen molar-refractivity contribution in [1.29, 1.82) is 0 Å². The van der Waals surface area contributed by atoms with Crippen LogP contribution in [0.15, 0.2) is 41.3 Å². The second kappa shape index (κ2) is 11.2. The van der Waals surface area contributed by atoms with Crippen molar-refractivity contribution >= 4 is 50.5 Å². The maximum atomic E-state index is 12.4. The number of hydrogen-bond donors (Lipinski definition) is 4. The van der Waals surface area contributed by atoms with E-state index in [2.05, 4.69) is 21.3 Å². The molecular formula is C21H28ClN5O4S. The van der Waals surface area contributed by atoms with E-state index in [1.807, 2.05) is 6.92 Å². The lowest BCUT2D eigenvalue weighted by molar-refractivity contribution is -0.122. The topological polar surface area (TPSA) is 120 Å². The molecule has 0 unspecified atom stereocenters. The number of benzene rings is 2. The highest BCUT2D eigenvalue weighted by Gasteiger charge is 2.19. The van der Waals surface area contributed by atoms with Crippen LogP contribution in [0.5, 0.6) is 0 Å². The fraction of sp³-hybridized carbons (Fsp3) is 0.333. The number of carbonyl (C=O) groups is 2. The van der Waals surface area contributed by atoms with Gasteiger partial charge in [-0.1, -0.05) is 17.7 Å². The second-order valence-electron chi connectivity index (χ2n) is 7.12. The summed E-state index contributed by atoms with van der Waals surface area (Å²) in [6.07, 6.45) is 0. The summed E-state index contributed by atoms with van der Waals surface area (Å²) in [5.41, 5.74) is 2.43. The first-order valence-corrected chi connectivity index (χ1v) is 11.7. The number of sulfonamides is 1. The van der Waals surface area contributed by atoms with E-state index in [0.717, 1.165) is 9.87 Å². The summed E-state index contributed by atoms with van der Waals surface area (Å²) < 4.78 is 25.9. The summed E-state index contributed by atoms with van der Waals surface area (Å²) in [4.78, 5) is 24.5. The first-order valence-electron chi connectivity index (χ1n) is 9.92. The Morgan fingerprint density at radius 3 is 2.34 bits per heavy atom. The van der Waals surface area contributed by atoms with Gasteiger partial charge in [0.05, 0.1) is 29.4 Å². The van der Waals surface area contributed by atoms with Gasteiger partial charge in [0.1, 0.15) is 0 Å². The third-order valence-electron chi connectivity index (χ3n) is 4.56. The standard InChI is InChI=1S/C21H28ClN5O4S/c1-5-23-18-10-9-15(32(30,31)27(3)4)11-19(18)24-12-20(28)25-13-21(29)26-17-8-6-7-16(22)14(17)2/h6-11,23-24H,5,12-13H2,1-4H3,(H,25,28)(H,26,29). The predicted molar refractivity (Wildman–Crippen MR) is 128 cm³/mol. The maximum Gasteiger partial charge on any atom is 0.243 e. The van der Waals surface area contributed by atoms with Gasteiger partial charge in [0, 0.05) is 31.4 Å². The molecule has 32 heavy (non-hydrogen) atoms. The molecule has 9 nitrogen and oxygen atoms in total. The minimum atomic E-state index is -3.62. The monoisotopic (exact) mass is 481 g/mol. The van der Waals surface area contributed by atoms with E-state index >= 15 is 0 Å². The Morgan fingerprint density at radius 1 is 0.969 bits per heavy atom. The third-order valence-corrected chi connectivity index (χ3v) is 6.78. The largest absolute Gasteiger partial charge is 0.384 e. The zero-order valence-corrected chi connectivity index (χ0v) is 20.0. The Balaban J connectivity index is 1.99. The Kier molecular flexibility index (Phi) is 8.88. The normalized spacial score (nSPS) is 11.2. The lowest BCUT2D eigenvalue weighted by Gasteiger charge is -2.17. The van der Waals surface area contributed by atoms with Crippen LogP contribution >= 0.6 is 11.6 Å². The van der Waals surface area contributed by atoms with Gasteiger partial charge in [0.15, 0.2) is 0 Å². The van der Waals surface area contributed by atoms with E-state index in [4.69, 9.17) is 11.6 Å². The van der Waals surface area contributed by atoms with Crippen LogP contribution in [-0.4, -0.2) is 58.3 Å². The van der Waals surface area contributed by atoms with Gasteiger partial charge in [0.25, 0.3) is 0 Å². The maximum absolute atomic E-state index is 12.4. The van der Waals surface area contributed by atoms with Crippen molar-refractivity contribution < 1.29 is 18.0 Å². The molecule has 2 rings (SSSR count). The second-order valence-corrected chi connectivity index (χ2v) is 9.68. The molecule has 0 saturated carbocycles. The van der Waals surface area contributed by atoms with Crippen LogP contribution in [0, 0.1) is 6.92 Å². The lowest BCUT2D eigenvalue weighted by atomic mass is 10.2. The minimum Gasteiger partial charge on any atom is -0.384 e. The Bertz CT molecular complexity index is 1090. The molecule has 2 aromatic carbocycles. The van der Waals surface area contributed by atoms with Crippen LogP contribution in [-0.2, 0) is 19.6 Å². The number of nitrogens with one attached hydrogen (secondary N) is 4. The Hall–Kier alpha value is -2.82. The number of carbonyl (C=O) groups excluding carboxylic acids is 2. The van der Waals surface area contributed by atoms with Gasteiger partial charge in [-0.25, -0.2) is 12.7 Å². The van der Waals surface area contributed by atoms with Gasteiger partial charge in [-0.3, -0.25) is 9.59 Å². The van der Waals surface area contributed by atoms with Crippen molar-refractivity contribution in [3.05, 3.63) is 47.0 Å². The van der Waals surface area contributed by atoms with Crippen LogP contribution in [0.25, 0.3) is 0 Å². The van der Waals surface area contributed by atoms with Gasteiger partial charge >= 0.3 is 0 Å². The zero-order chi connectivity index (χ0) is 23.9. The highest BCUT2D eigenvalue weighted by atomic mass is 35.5. The van der Waals surface area contributed by atoms with E-state index < -0.39 is 21.8 Å². The number of anilines is 3. The molecule has 0 bridgehead atoms. The highest BCUT2D eigenvalue weighted by molar-refractivity contribution is 7.89. The predicted octanol–water partition coefficient (Wildman–Crippen LogP) is 2.50.